The summed E-state index contributed by atoms with van der Waals surface area (Å²) in [6.45, 7) is 0. The number of para-hydroxylation sites is 1. The molecule has 0 saturated heterocycles. The second-order valence-electron chi connectivity index (χ2n) is 3.88. The van der Waals surface area contributed by atoms with Gasteiger partial charge in [0.25, 0.3) is 0 Å². The van der Waals surface area contributed by atoms with E-state index in [1.54, 1.807) is 24.3 Å². The van der Waals surface area contributed by atoms with Crippen LogP contribution in [0.25, 0.3) is 11.0 Å². The standard InChI is InChI=1S/C12H8ClFN4S/c13-6-4-5-9-12(18-19-17-9)11(6)16-8-3-1-2-7(14)10(8)15/h1-5,16H,15H2. The molecule has 7 heteroatoms. The summed E-state index contributed by atoms with van der Waals surface area (Å²) in [5.74, 6) is -0.482. The van der Waals surface area contributed by atoms with Crippen molar-refractivity contribution >= 4 is 51.4 Å². The second-order valence-corrected chi connectivity index (χ2v) is 4.82. The highest BCUT2D eigenvalue weighted by Crippen LogP contribution is 2.34. The number of nitrogens with two attached hydrogens (primary N) is 1. The molecule has 19 heavy (non-hydrogen) atoms. The summed E-state index contributed by atoms with van der Waals surface area (Å²) in [5.41, 5.74) is 8.12. The molecule has 3 aromatic rings. The lowest BCUT2D eigenvalue weighted by atomic mass is 10.2. The number of nitrogens with zero attached hydrogens (tertiary/aromatic N) is 2. The van der Waals surface area contributed by atoms with Crippen molar-refractivity contribution in [3.05, 3.63) is 41.2 Å². The van der Waals surface area contributed by atoms with Gasteiger partial charge in [0, 0.05) is 0 Å². The third-order valence-corrected chi connectivity index (χ3v) is 3.55. The zero-order valence-electron chi connectivity index (χ0n) is 9.52. The lowest BCUT2D eigenvalue weighted by Crippen LogP contribution is -1.99. The minimum absolute atomic E-state index is 0.0405. The van der Waals surface area contributed by atoms with E-state index in [0.29, 0.717) is 21.9 Å². The van der Waals surface area contributed by atoms with Gasteiger partial charge in [-0.05, 0) is 24.3 Å². The van der Waals surface area contributed by atoms with Gasteiger partial charge in [0.05, 0.1) is 33.8 Å². The van der Waals surface area contributed by atoms with E-state index in [9.17, 15) is 4.39 Å². The van der Waals surface area contributed by atoms with Crippen molar-refractivity contribution < 1.29 is 4.39 Å². The molecule has 0 aliphatic carbocycles. The van der Waals surface area contributed by atoms with E-state index in [2.05, 4.69) is 14.1 Å². The van der Waals surface area contributed by atoms with E-state index in [0.717, 1.165) is 17.2 Å². The van der Waals surface area contributed by atoms with Crippen molar-refractivity contribution in [2.45, 2.75) is 0 Å². The molecule has 0 fully saturated rings. The van der Waals surface area contributed by atoms with Crippen LogP contribution in [-0.4, -0.2) is 8.75 Å². The van der Waals surface area contributed by atoms with E-state index in [1.807, 2.05) is 0 Å². The topological polar surface area (TPSA) is 63.8 Å². The average Bonchev–Trinajstić information content (AvgIpc) is 2.86. The quantitative estimate of drug-likeness (QED) is 0.706. The number of hydrogen-bond donors (Lipinski definition) is 2. The number of aromatic nitrogens is 2. The van der Waals surface area contributed by atoms with Crippen LogP contribution in [0.5, 0.6) is 0 Å². The number of hydrogen-bond acceptors (Lipinski definition) is 5. The van der Waals surface area contributed by atoms with E-state index < -0.39 is 5.82 Å². The Morgan fingerprint density at radius 2 is 2.05 bits per heavy atom. The summed E-state index contributed by atoms with van der Waals surface area (Å²) in [6.07, 6.45) is 0. The van der Waals surface area contributed by atoms with Crippen molar-refractivity contribution in [3.63, 3.8) is 0 Å². The maximum absolute atomic E-state index is 13.4. The van der Waals surface area contributed by atoms with Gasteiger partial charge in [0.1, 0.15) is 16.9 Å². The van der Waals surface area contributed by atoms with Crippen molar-refractivity contribution in [2.75, 3.05) is 11.1 Å². The first kappa shape index (κ1) is 12.1. The van der Waals surface area contributed by atoms with Crippen LogP contribution in [0.1, 0.15) is 0 Å². The Balaban J connectivity index is 2.13. The summed E-state index contributed by atoms with van der Waals surface area (Å²) >= 11 is 7.23. The molecule has 0 amide bonds. The lowest BCUT2D eigenvalue weighted by molar-refractivity contribution is 0.633. The molecule has 0 bridgehead atoms. The first-order valence-corrected chi connectivity index (χ1v) is 6.49. The van der Waals surface area contributed by atoms with Gasteiger partial charge < -0.3 is 11.1 Å². The molecule has 3 N–H and O–H groups in total. The molecule has 96 valence electrons. The Kier molecular flexibility index (Phi) is 2.96. The molecule has 0 spiro atoms. The third-order valence-electron chi connectivity index (χ3n) is 2.69. The zero-order chi connectivity index (χ0) is 13.4. The van der Waals surface area contributed by atoms with Gasteiger partial charge in [-0.3, -0.25) is 0 Å². The van der Waals surface area contributed by atoms with E-state index >= 15 is 0 Å². The van der Waals surface area contributed by atoms with Crippen LogP contribution in [-0.2, 0) is 0 Å². The van der Waals surface area contributed by atoms with Gasteiger partial charge in [0.15, 0.2) is 0 Å². The second kappa shape index (κ2) is 4.64. The lowest BCUT2D eigenvalue weighted by Gasteiger charge is -2.11. The van der Waals surface area contributed by atoms with Crippen LogP contribution in [0.3, 0.4) is 0 Å². The van der Waals surface area contributed by atoms with Gasteiger partial charge in [-0.2, -0.15) is 8.75 Å². The molecule has 0 atom stereocenters. The Morgan fingerprint density at radius 3 is 2.89 bits per heavy atom. The zero-order valence-corrected chi connectivity index (χ0v) is 11.1. The minimum atomic E-state index is -0.482. The molecule has 0 aliphatic rings. The molecule has 2 aromatic carbocycles. The maximum Gasteiger partial charge on any atom is 0.148 e. The number of fused-ring (bicyclic) bond motifs is 1. The number of halogens is 2. The smallest absolute Gasteiger partial charge is 0.148 e. The fourth-order valence-electron chi connectivity index (χ4n) is 1.73. The molecule has 0 aliphatic heterocycles. The molecular formula is C12H8ClFN4S. The van der Waals surface area contributed by atoms with Crippen LogP contribution >= 0.6 is 23.3 Å². The summed E-state index contributed by atoms with van der Waals surface area (Å²) in [5, 5.41) is 3.49. The molecular weight excluding hydrogens is 287 g/mol. The Hall–Kier alpha value is -1.92. The number of anilines is 3. The highest BCUT2D eigenvalue weighted by atomic mass is 35.5. The SMILES string of the molecule is Nc1c(F)cccc1Nc1c(Cl)ccc2nsnc12. The number of nitrogen functional groups attached to an aromatic ring is 1. The first-order chi connectivity index (χ1) is 9.16. The van der Waals surface area contributed by atoms with Crippen LogP contribution in [0, 0.1) is 5.82 Å². The molecule has 0 radical (unpaired) electrons. The highest BCUT2D eigenvalue weighted by molar-refractivity contribution is 7.00. The van der Waals surface area contributed by atoms with Gasteiger partial charge in [-0.25, -0.2) is 4.39 Å². The van der Waals surface area contributed by atoms with Crippen LogP contribution in [0.4, 0.5) is 21.5 Å². The minimum Gasteiger partial charge on any atom is -0.395 e. The highest BCUT2D eigenvalue weighted by Gasteiger charge is 2.12. The third kappa shape index (κ3) is 2.09. The monoisotopic (exact) mass is 294 g/mol. The van der Waals surface area contributed by atoms with Gasteiger partial charge in [-0.15, -0.1) is 0 Å². The molecule has 1 heterocycles. The van der Waals surface area contributed by atoms with E-state index in [-0.39, 0.29) is 5.69 Å². The van der Waals surface area contributed by atoms with Crippen molar-refractivity contribution in [1.29, 1.82) is 0 Å². The van der Waals surface area contributed by atoms with Crippen LogP contribution in [0.15, 0.2) is 30.3 Å². The number of rotatable bonds is 2. The first-order valence-electron chi connectivity index (χ1n) is 5.38. The average molecular weight is 295 g/mol. The van der Waals surface area contributed by atoms with E-state index in [1.165, 1.54) is 6.07 Å². The van der Waals surface area contributed by atoms with Crippen molar-refractivity contribution in [2.24, 2.45) is 0 Å². The fraction of sp³-hybridized carbons (Fsp3) is 0. The van der Waals surface area contributed by atoms with Crippen LogP contribution < -0.4 is 11.1 Å². The van der Waals surface area contributed by atoms with Gasteiger partial charge >= 0.3 is 0 Å². The molecule has 0 unspecified atom stereocenters. The Labute approximate surface area is 117 Å². The molecule has 0 saturated carbocycles. The summed E-state index contributed by atoms with van der Waals surface area (Å²) in [4.78, 5) is 0. The Morgan fingerprint density at radius 1 is 1.21 bits per heavy atom. The van der Waals surface area contributed by atoms with Crippen LogP contribution in [0.2, 0.25) is 5.02 Å². The van der Waals surface area contributed by atoms with Crippen molar-refractivity contribution in [1.82, 2.24) is 8.75 Å². The predicted molar refractivity (Wildman–Crippen MR) is 76.5 cm³/mol. The normalized spacial score (nSPS) is 10.8. The fourth-order valence-corrected chi connectivity index (χ4v) is 2.47. The largest absolute Gasteiger partial charge is 0.395 e. The predicted octanol–water partition coefficient (Wildman–Crippen LogP) is 3.81. The number of nitrogens with one attached hydrogen (secondary N) is 1. The van der Waals surface area contributed by atoms with E-state index in [4.69, 9.17) is 17.3 Å². The van der Waals surface area contributed by atoms with Gasteiger partial charge in [-0.1, -0.05) is 17.7 Å². The van der Waals surface area contributed by atoms with Gasteiger partial charge in [0.2, 0.25) is 0 Å². The summed E-state index contributed by atoms with van der Waals surface area (Å²) in [6, 6.07) is 8.03. The molecule has 1 aromatic heterocycles. The molecule has 3 rings (SSSR count). The van der Waals surface area contributed by atoms with Crippen molar-refractivity contribution in [3.8, 4) is 0 Å². The number of benzene rings is 2. The maximum atomic E-state index is 13.4. The molecule has 4 nitrogen and oxygen atoms in total. The summed E-state index contributed by atoms with van der Waals surface area (Å²) < 4.78 is 21.7. The Bertz CT molecular complexity index is 759. The summed E-state index contributed by atoms with van der Waals surface area (Å²) in [7, 11) is 0.